The minimum absolute atomic E-state index is 0.135. The maximum absolute atomic E-state index is 12.4. The Labute approximate surface area is 112 Å². The summed E-state index contributed by atoms with van der Waals surface area (Å²) in [4.78, 5) is 20.6. The van der Waals surface area contributed by atoms with Gasteiger partial charge in [-0.25, -0.2) is 4.98 Å². The standard InChI is InChI=1S/C13H9N5O2/c19-12-10-6-14-13-15-8-16-18(13)11(10)3-4-17(12)7-9-2-1-5-20-9/h1-6,8H,7H2. The lowest BCUT2D eigenvalue weighted by molar-refractivity contribution is 0.490. The SMILES string of the molecule is O=c1c2cnc3ncnn3c2ccn1Cc1ccco1. The molecular formula is C13H9N5O2. The molecule has 0 aliphatic heterocycles. The lowest BCUT2D eigenvalue weighted by Crippen LogP contribution is -2.20. The van der Waals surface area contributed by atoms with E-state index in [2.05, 4.69) is 15.1 Å². The number of hydrogen-bond acceptors (Lipinski definition) is 5. The molecule has 0 aliphatic carbocycles. The van der Waals surface area contributed by atoms with Gasteiger partial charge in [-0.05, 0) is 18.2 Å². The Morgan fingerprint density at radius 1 is 1.25 bits per heavy atom. The molecule has 0 amide bonds. The van der Waals surface area contributed by atoms with E-state index in [0.29, 0.717) is 23.2 Å². The zero-order chi connectivity index (χ0) is 13.5. The Hall–Kier alpha value is -2.96. The molecule has 20 heavy (non-hydrogen) atoms. The van der Waals surface area contributed by atoms with Gasteiger partial charge in [-0.15, -0.1) is 0 Å². The van der Waals surface area contributed by atoms with Crippen molar-refractivity contribution < 1.29 is 4.42 Å². The van der Waals surface area contributed by atoms with Gasteiger partial charge >= 0.3 is 0 Å². The second-order valence-electron chi connectivity index (χ2n) is 4.36. The molecule has 0 aliphatic rings. The van der Waals surface area contributed by atoms with E-state index in [9.17, 15) is 4.79 Å². The lowest BCUT2D eigenvalue weighted by atomic mass is 10.3. The van der Waals surface area contributed by atoms with Crippen LogP contribution in [0, 0.1) is 0 Å². The van der Waals surface area contributed by atoms with Crippen molar-refractivity contribution in [2.24, 2.45) is 0 Å². The second kappa shape index (κ2) is 4.02. The van der Waals surface area contributed by atoms with Crippen LogP contribution in [0.25, 0.3) is 16.7 Å². The van der Waals surface area contributed by atoms with Gasteiger partial charge in [0.2, 0.25) is 0 Å². The van der Waals surface area contributed by atoms with E-state index >= 15 is 0 Å². The minimum Gasteiger partial charge on any atom is -0.467 e. The van der Waals surface area contributed by atoms with Crippen molar-refractivity contribution in [3.05, 3.63) is 59.3 Å². The lowest BCUT2D eigenvalue weighted by Gasteiger charge is -2.05. The van der Waals surface area contributed by atoms with E-state index in [4.69, 9.17) is 4.42 Å². The molecule has 0 unspecified atom stereocenters. The van der Waals surface area contributed by atoms with E-state index in [1.165, 1.54) is 12.5 Å². The van der Waals surface area contributed by atoms with Crippen LogP contribution < -0.4 is 5.56 Å². The highest BCUT2D eigenvalue weighted by atomic mass is 16.3. The van der Waals surface area contributed by atoms with E-state index in [1.807, 2.05) is 12.1 Å². The molecule has 0 aromatic carbocycles. The van der Waals surface area contributed by atoms with Crippen molar-refractivity contribution >= 4 is 16.7 Å². The van der Waals surface area contributed by atoms with Crippen LogP contribution in [0.15, 0.2) is 52.4 Å². The first-order chi connectivity index (χ1) is 9.83. The molecule has 0 atom stereocenters. The Balaban J connectivity index is 1.94. The summed E-state index contributed by atoms with van der Waals surface area (Å²) in [7, 11) is 0. The van der Waals surface area contributed by atoms with Crippen LogP contribution in [-0.2, 0) is 6.54 Å². The Morgan fingerprint density at radius 3 is 3.05 bits per heavy atom. The van der Waals surface area contributed by atoms with Gasteiger partial charge in [-0.2, -0.15) is 14.6 Å². The maximum atomic E-state index is 12.4. The number of fused-ring (bicyclic) bond motifs is 3. The fourth-order valence-corrected chi connectivity index (χ4v) is 2.20. The molecule has 0 spiro atoms. The van der Waals surface area contributed by atoms with Crippen LogP contribution in [0.5, 0.6) is 0 Å². The van der Waals surface area contributed by atoms with Gasteiger partial charge in [0.1, 0.15) is 12.1 Å². The van der Waals surface area contributed by atoms with Crippen molar-refractivity contribution in [2.75, 3.05) is 0 Å². The highest BCUT2D eigenvalue weighted by Crippen LogP contribution is 2.10. The van der Waals surface area contributed by atoms with Gasteiger partial charge in [0, 0.05) is 12.4 Å². The first-order valence-corrected chi connectivity index (χ1v) is 6.03. The second-order valence-corrected chi connectivity index (χ2v) is 4.36. The van der Waals surface area contributed by atoms with Crippen molar-refractivity contribution in [1.29, 1.82) is 0 Å². The molecule has 0 N–H and O–H groups in total. The summed E-state index contributed by atoms with van der Waals surface area (Å²) in [5.41, 5.74) is 0.553. The topological polar surface area (TPSA) is 78.2 Å². The molecule has 0 radical (unpaired) electrons. The third-order valence-electron chi connectivity index (χ3n) is 3.15. The van der Waals surface area contributed by atoms with Gasteiger partial charge < -0.3 is 8.98 Å². The maximum Gasteiger partial charge on any atom is 0.261 e. The Kier molecular flexibility index (Phi) is 2.19. The van der Waals surface area contributed by atoms with Crippen molar-refractivity contribution in [2.45, 2.75) is 6.54 Å². The number of furan rings is 1. The minimum atomic E-state index is -0.135. The van der Waals surface area contributed by atoms with Gasteiger partial charge in [-0.3, -0.25) is 4.79 Å². The highest BCUT2D eigenvalue weighted by molar-refractivity contribution is 5.78. The molecular weight excluding hydrogens is 258 g/mol. The van der Waals surface area contributed by atoms with Gasteiger partial charge in [0.25, 0.3) is 11.3 Å². The average Bonchev–Trinajstić information content (AvgIpc) is 3.12. The number of hydrogen-bond donors (Lipinski definition) is 0. The van der Waals surface area contributed by atoms with E-state index < -0.39 is 0 Å². The normalized spacial score (nSPS) is 11.4. The molecule has 0 saturated heterocycles. The molecule has 7 nitrogen and oxygen atoms in total. The molecule has 0 fully saturated rings. The van der Waals surface area contributed by atoms with E-state index in [1.54, 1.807) is 27.6 Å². The predicted molar refractivity (Wildman–Crippen MR) is 70.4 cm³/mol. The zero-order valence-corrected chi connectivity index (χ0v) is 10.3. The zero-order valence-electron chi connectivity index (χ0n) is 10.3. The molecule has 0 saturated carbocycles. The summed E-state index contributed by atoms with van der Waals surface area (Å²) in [6.45, 7) is 0.386. The summed E-state index contributed by atoms with van der Waals surface area (Å²) in [5.74, 6) is 1.20. The summed E-state index contributed by atoms with van der Waals surface area (Å²) in [6, 6.07) is 5.44. The molecule has 4 aromatic heterocycles. The monoisotopic (exact) mass is 267 g/mol. The fourth-order valence-electron chi connectivity index (χ4n) is 2.20. The average molecular weight is 267 g/mol. The third-order valence-corrected chi connectivity index (χ3v) is 3.15. The van der Waals surface area contributed by atoms with Crippen LogP contribution in [0.2, 0.25) is 0 Å². The smallest absolute Gasteiger partial charge is 0.261 e. The summed E-state index contributed by atoms with van der Waals surface area (Å²) < 4.78 is 8.38. The van der Waals surface area contributed by atoms with Gasteiger partial charge in [-0.1, -0.05) is 0 Å². The third kappa shape index (κ3) is 1.53. The van der Waals surface area contributed by atoms with E-state index in [0.717, 1.165) is 5.76 Å². The first-order valence-electron chi connectivity index (χ1n) is 6.03. The summed E-state index contributed by atoms with van der Waals surface area (Å²) >= 11 is 0. The van der Waals surface area contributed by atoms with Crippen molar-refractivity contribution in [3.8, 4) is 0 Å². The molecule has 4 aromatic rings. The number of aromatic nitrogens is 5. The van der Waals surface area contributed by atoms with Crippen LogP contribution in [0.4, 0.5) is 0 Å². The number of pyridine rings is 1. The van der Waals surface area contributed by atoms with Crippen LogP contribution >= 0.6 is 0 Å². The molecule has 0 bridgehead atoms. The Bertz CT molecular complexity index is 952. The van der Waals surface area contributed by atoms with Crippen LogP contribution in [0.1, 0.15) is 5.76 Å². The van der Waals surface area contributed by atoms with E-state index in [-0.39, 0.29) is 5.56 Å². The molecule has 4 rings (SSSR count). The van der Waals surface area contributed by atoms with Gasteiger partial charge in [0.05, 0.1) is 23.7 Å². The Morgan fingerprint density at radius 2 is 2.20 bits per heavy atom. The number of rotatable bonds is 2. The molecule has 7 heteroatoms. The predicted octanol–water partition coefficient (Wildman–Crippen LogP) is 1.08. The van der Waals surface area contributed by atoms with Crippen LogP contribution in [0.3, 0.4) is 0 Å². The van der Waals surface area contributed by atoms with Crippen molar-refractivity contribution in [1.82, 2.24) is 24.1 Å². The van der Waals surface area contributed by atoms with Crippen LogP contribution in [-0.4, -0.2) is 24.1 Å². The first kappa shape index (κ1) is 10.9. The molecule has 98 valence electrons. The highest BCUT2D eigenvalue weighted by Gasteiger charge is 2.09. The molecule has 4 heterocycles. The summed E-state index contributed by atoms with van der Waals surface area (Å²) in [5, 5.41) is 4.57. The largest absolute Gasteiger partial charge is 0.467 e. The summed E-state index contributed by atoms with van der Waals surface area (Å²) in [6.07, 6.45) is 6.24. The quantitative estimate of drug-likeness (QED) is 0.543. The number of nitrogens with zero attached hydrogens (tertiary/aromatic N) is 5. The van der Waals surface area contributed by atoms with Crippen molar-refractivity contribution in [3.63, 3.8) is 0 Å². The van der Waals surface area contributed by atoms with Gasteiger partial charge in [0.15, 0.2) is 0 Å². The fraction of sp³-hybridized carbons (Fsp3) is 0.0769.